The molecule has 0 aliphatic heterocycles. The van der Waals surface area contributed by atoms with Crippen molar-refractivity contribution in [3.63, 3.8) is 0 Å². The molecule has 0 saturated heterocycles. The predicted octanol–water partition coefficient (Wildman–Crippen LogP) is 3.90. The lowest BCUT2D eigenvalue weighted by atomic mass is 10.1. The Hall–Kier alpha value is -1.76. The topological polar surface area (TPSA) is 35.5 Å². The van der Waals surface area contributed by atoms with Crippen LogP contribution in [-0.2, 0) is 15.6 Å². The Kier molecular flexibility index (Phi) is 3.88. The number of allylic oxidation sites excluding steroid dienone is 1. The molecule has 0 N–H and O–H groups in total. The molecule has 0 unspecified atom stereocenters. The summed E-state index contributed by atoms with van der Waals surface area (Å²) >= 11 is 0. The van der Waals surface area contributed by atoms with Gasteiger partial charge >= 0.3 is 6.36 Å². The summed E-state index contributed by atoms with van der Waals surface area (Å²) in [7, 11) is -1.93. The minimum atomic E-state index is -4.73. The van der Waals surface area contributed by atoms with E-state index in [1.807, 2.05) is 19.6 Å². The summed E-state index contributed by atoms with van der Waals surface area (Å²) in [4.78, 5) is 11.2. The Labute approximate surface area is 121 Å². The Morgan fingerprint density at radius 2 is 1.90 bits per heavy atom. The van der Waals surface area contributed by atoms with E-state index >= 15 is 0 Å². The highest BCUT2D eigenvalue weighted by molar-refractivity contribution is 6.70. The van der Waals surface area contributed by atoms with E-state index in [-0.39, 0.29) is 12.2 Å². The number of hydrogen-bond acceptors (Lipinski definition) is 3. The summed E-state index contributed by atoms with van der Waals surface area (Å²) in [6, 6.07) is 4.03. The second kappa shape index (κ2) is 5.21. The fourth-order valence-corrected chi connectivity index (χ4v) is 2.97. The summed E-state index contributed by atoms with van der Waals surface area (Å²) in [5.74, 6) is 0.193. The quantitative estimate of drug-likeness (QED) is 0.624. The molecule has 0 aromatic heterocycles. The summed E-state index contributed by atoms with van der Waals surface area (Å²) < 4.78 is 46.5. The van der Waals surface area contributed by atoms with Crippen LogP contribution in [0.3, 0.4) is 0 Å². The zero-order valence-corrected chi connectivity index (χ0v) is 12.9. The maximum absolute atomic E-state index is 12.2. The largest absolute Gasteiger partial charge is 0.573 e. The standard InChI is InChI=1S/C14H15F3O3Si/c1-21(2,3)20-13-10(8-18)6-9-7-11(4-5-12(9)13)19-14(15,16)17/h4-5,7-8H,6H2,1-3H3. The van der Waals surface area contributed by atoms with Gasteiger partial charge in [0.15, 0.2) is 0 Å². The van der Waals surface area contributed by atoms with Gasteiger partial charge in [-0.25, -0.2) is 0 Å². The summed E-state index contributed by atoms with van der Waals surface area (Å²) in [5, 5.41) is 0. The highest BCUT2D eigenvalue weighted by Gasteiger charge is 2.33. The first-order chi connectivity index (χ1) is 9.59. The molecule has 0 radical (unpaired) electrons. The first kappa shape index (κ1) is 15.6. The molecule has 0 saturated carbocycles. The van der Waals surface area contributed by atoms with Gasteiger partial charge in [-0.15, -0.1) is 13.2 Å². The number of hydrogen-bond donors (Lipinski definition) is 0. The van der Waals surface area contributed by atoms with Gasteiger partial charge in [-0.3, -0.25) is 4.79 Å². The molecule has 0 amide bonds. The number of alkyl halides is 3. The van der Waals surface area contributed by atoms with Crippen molar-refractivity contribution in [3.8, 4) is 5.75 Å². The monoisotopic (exact) mass is 316 g/mol. The number of rotatable bonds is 4. The van der Waals surface area contributed by atoms with Crippen LogP contribution in [0.1, 0.15) is 11.1 Å². The van der Waals surface area contributed by atoms with Crippen molar-refractivity contribution in [1.82, 2.24) is 0 Å². The predicted molar refractivity (Wildman–Crippen MR) is 74.2 cm³/mol. The second-order valence-electron chi connectivity index (χ2n) is 5.73. The molecule has 1 aliphatic rings. The summed E-state index contributed by atoms with van der Waals surface area (Å²) in [5.41, 5.74) is 1.72. The van der Waals surface area contributed by atoms with Crippen LogP contribution in [0.25, 0.3) is 5.76 Å². The third kappa shape index (κ3) is 3.87. The van der Waals surface area contributed by atoms with E-state index in [0.717, 1.165) is 0 Å². The number of halogens is 3. The molecule has 2 rings (SSSR count). The van der Waals surface area contributed by atoms with Gasteiger partial charge in [-0.1, -0.05) is 0 Å². The average Bonchev–Trinajstić information content (AvgIpc) is 2.62. The van der Waals surface area contributed by atoms with Crippen LogP contribution in [0.2, 0.25) is 19.6 Å². The number of ether oxygens (including phenoxy) is 1. The van der Waals surface area contributed by atoms with Crippen molar-refractivity contribution in [2.75, 3.05) is 0 Å². The van der Waals surface area contributed by atoms with Crippen LogP contribution in [0, 0.1) is 0 Å². The molecule has 114 valence electrons. The van der Waals surface area contributed by atoms with E-state index in [1.165, 1.54) is 18.2 Å². The van der Waals surface area contributed by atoms with Crippen molar-refractivity contribution < 1.29 is 27.1 Å². The minimum Gasteiger partial charge on any atom is -0.544 e. The van der Waals surface area contributed by atoms with E-state index in [4.69, 9.17) is 4.43 Å². The fourth-order valence-electron chi connectivity index (χ4n) is 2.12. The van der Waals surface area contributed by atoms with Crippen molar-refractivity contribution in [1.29, 1.82) is 0 Å². The third-order valence-electron chi connectivity index (χ3n) is 2.78. The third-order valence-corrected chi connectivity index (χ3v) is 3.59. The number of carbonyl (C=O) groups excluding carboxylic acids is 1. The highest BCUT2D eigenvalue weighted by Crippen LogP contribution is 2.37. The lowest BCUT2D eigenvalue weighted by molar-refractivity contribution is -0.274. The molecule has 7 heteroatoms. The Morgan fingerprint density at radius 1 is 1.24 bits per heavy atom. The van der Waals surface area contributed by atoms with E-state index in [2.05, 4.69) is 4.74 Å². The van der Waals surface area contributed by atoms with E-state index in [9.17, 15) is 18.0 Å². The van der Waals surface area contributed by atoms with Crippen molar-refractivity contribution in [2.45, 2.75) is 32.4 Å². The molecule has 1 aromatic carbocycles. The van der Waals surface area contributed by atoms with Crippen LogP contribution in [0.4, 0.5) is 13.2 Å². The minimum absolute atomic E-state index is 0.258. The summed E-state index contributed by atoms with van der Waals surface area (Å²) in [6.07, 6.45) is -3.78. The van der Waals surface area contributed by atoms with Crippen LogP contribution < -0.4 is 4.74 Å². The first-order valence-corrected chi connectivity index (χ1v) is 9.76. The highest BCUT2D eigenvalue weighted by atomic mass is 28.4. The van der Waals surface area contributed by atoms with Gasteiger partial charge < -0.3 is 9.16 Å². The molecule has 1 aliphatic carbocycles. The molecular formula is C14H15F3O3Si. The molecule has 21 heavy (non-hydrogen) atoms. The van der Waals surface area contributed by atoms with Crippen molar-refractivity contribution >= 4 is 20.4 Å². The number of benzene rings is 1. The SMILES string of the molecule is C[Si](C)(C)OC1=C(C=O)Cc2cc(OC(F)(F)F)ccc21. The van der Waals surface area contributed by atoms with Crippen molar-refractivity contribution in [2.24, 2.45) is 0 Å². The van der Waals surface area contributed by atoms with Gasteiger partial charge in [0, 0.05) is 17.6 Å². The second-order valence-corrected chi connectivity index (χ2v) is 10.2. The average molecular weight is 316 g/mol. The maximum Gasteiger partial charge on any atom is 0.573 e. The zero-order valence-electron chi connectivity index (χ0n) is 11.9. The van der Waals surface area contributed by atoms with Crippen LogP contribution in [0.5, 0.6) is 5.75 Å². The molecular weight excluding hydrogens is 301 g/mol. The lowest BCUT2D eigenvalue weighted by Gasteiger charge is -2.21. The number of carbonyl (C=O) groups is 1. The molecule has 3 nitrogen and oxygen atoms in total. The number of fused-ring (bicyclic) bond motifs is 1. The van der Waals surface area contributed by atoms with Gasteiger partial charge in [0.25, 0.3) is 0 Å². The van der Waals surface area contributed by atoms with E-state index < -0.39 is 14.7 Å². The zero-order chi connectivity index (χ0) is 15.8. The van der Waals surface area contributed by atoms with Gasteiger partial charge in [-0.2, -0.15) is 0 Å². The first-order valence-electron chi connectivity index (χ1n) is 6.35. The Morgan fingerprint density at radius 3 is 2.43 bits per heavy atom. The number of aldehydes is 1. The van der Waals surface area contributed by atoms with Crippen LogP contribution in [-0.4, -0.2) is 21.0 Å². The van der Waals surface area contributed by atoms with Gasteiger partial charge in [-0.05, 0) is 43.4 Å². The molecule has 0 heterocycles. The normalized spacial score (nSPS) is 15.0. The molecule has 0 fully saturated rings. The lowest BCUT2D eigenvalue weighted by Crippen LogP contribution is -2.24. The molecule has 0 spiro atoms. The maximum atomic E-state index is 12.2. The fraction of sp³-hybridized carbons (Fsp3) is 0.357. The van der Waals surface area contributed by atoms with Crippen LogP contribution in [0.15, 0.2) is 23.8 Å². The Bertz CT molecular complexity index is 600. The van der Waals surface area contributed by atoms with Crippen molar-refractivity contribution in [3.05, 3.63) is 34.9 Å². The molecule has 0 atom stereocenters. The van der Waals surface area contributed by atoms with Gasteiger partial charge in [0.05, 0.1) is 0 Å². The van der Waals surface area contributed by atoms with E-state index in [0.29, 0.717) is 28.7 Å². The smallest absolute Gasteiger partial charge is 0.544 e. The van der Waals surface area contributed by atoms with E-state index in [1.54, 1.807) is 0 Å². The molecule has 0 bridgehead atoms. The molecule has 1 aromatic rings. The Balaban J connectivity index is 2.34. The van der Waals surface area contributed by atoms with Crippen LogP contribution >= 0.6 is 0 Å². The van der Waals surface area contributed by atoms with Gasteiger partial charge in [0.1, 0.15) is 17.8 Å². The summed E-state index contributed by atoms with van der Waals surface area (Å²) in [6.45, 7) is 5.92. The van der Waals surface area contributed by atoms with Gasteiger partial charge in [0.2, 0.25) is 8.32 Å².